The SMILES string of the molecule is CC(C)(C)OC(=O)N1CC[C@H](c2cccc(-c3ccc(OCCN4CCCCC4)cc3)c2)[C@@H](C(=O)N(CC2=CCc3ccccc32)C2CC2)C1. The highest BCUT2D eigenvalue weighted by molar-refractivity contribution is 5.85. The van der Waals surface area contributed by atoms with Crippen LogP contribution >= 0.6 is 0 Å². The second-order valence-electron chi connectivity index (χ2n) is 15.6. The van der Waals surface area contributed by atoms with Gasteiger partial charge in [0, 0.05) is 32.2 Å². The largest absolute Gasteiger partial charge is 0.492 e. The van der Waals surface area contributed by atoms with E-state index in [1.807, 2.05) is 20.8 Å². The third-order valence-electron chi connectivity index (χ3n) is 10.8. The van der Waals surface area contributed by atoms with Gasteiger partial charge in [0.1, 0.15) is 18.0 Å². The molecule has 2 amide bonds. The zero-order valence-corrected chi connectivity index (χ0v) is 30.1. The summed E-state index contributed by atoms with van der Waals surface area (Å²) >= 11 is 0. The van der Waals surface area contributed by atoms with Crippen LogP contribution in [0.2, 0.25) is 0 Å². The van der Waals surface area contributed by atoms with Crippen LogP contribution < -0.4 is 4.74 Å². The summed E-state index contributed by atoms with van der Waals surface area (Å²) in [6.45, 7) is 11.2. The van der Waals surface area contributed by atoms with Crippen LogP contribution in [0.3, 0.4) is 0 Å². The highest BCUT2D eigenvalue weighted by Crippen LogP contribution is 2.40. The summed E-state index contributed by atoms with van der Waals surface area (Å²) in [5.74, 6) is 0.666. The first-order chi connectivity index (χ1) is 24.2. The van der Waals surface area contributed by atoms with Gasteiger partial charge in [-0.3, -0.25) is 9.69 Å². The smallest absolute Gasteiger partial charge is 0.410 e. The molecule has 50 heavy (non-hydrogen) atoms. The Hall–Kier alpha value is -4.10. The van der Waals surface area contributed by atoms with Crippen molar-refractivity contribution in [1.29, 1.82) is 0 Å². The third-order valence-corrected chi connectivity index (χ3v) is 10.8. The number of fused-ring (bicyclic) bond motifs is 1. The Morgan fingerprint density at radius 2 is 1.64 bits per heavy atom. The van der Waals surface area contributed by atoms with Crippen LogP contribution in [0.15, 0.2) is 78.9 Å². The van der Waals surface area contributed by atoms with Crippen molar-refractivity contribution < 1.29 is 19.1 Å². The molecule has 3 fully saturated rings. The molecule has 2 atom stereocenters. The first-order valence-corrected chi connectivity index (χ1v) is 18.8. The van der Waals surface area contributed by atoms with Crippen molar-refractivity contribution in [3.05, 3.63) is 95.6 Å². The second-order valence-corrected chi connectivity index (χ2v) is 15.6. The number of hydrogen-bond donors (Lipinski definition) is 0. The Morgan fingerprint density at radius 3 is 2.40 bits per heavy atom. The van der Waals surface area contributed by atoms with E-state index in [1.165, 1.54) is 49.1 Å². The summed E-state index contributed by atoms with van der Waals surface area (Å²) in [5, 5.41) is 0. The van der Waals surface area contributed by atoms with Crippen LogP contribution in [0.4, 0.5) is 4.79 Å². The van der Waals surface area contributed by atoms with E-state index in [-0.39, 0.29) is 29.9 Å². The van der Waals surface area contributed by atoms with E-state index in [0.29, 0.717) is 32.7 Å². The summed E-state index contributed by atoms with van der Waals surface area (Å²) in [6, 6.07) is 25.8. The number of carbonyl (C=O) groups excluding carboxylic acids is 2. The Bertz CT molecular complexity index is 1680. The summed E-state index contributed by atoms with van der Waals surface area (Å²) < 4.78 is 11.9. The van der Waals surface area contributed by atoms with E-state index in [9.17, 15) is 9.59 Å². The average molecular weight is 676 g/mol. The van der Waals surface area contributed by atoms with E-state index >= 15 is 0 Å². The molecule has 0 aromatic heterocycles. The number of carbonyl (C=O) groups is 2. The predicted octanol–water partition coefficient (Wildman–Crippen LogP) is 8.19. The molecule has 4 aliphatic rings. The van der Waals surface area contributed by atoms with Gasteiger partial charge in [0.25, 0.3) is 0 Å². The highest BCUT2D eigenvalue weighted by atomic mass is 16.6. The molecule has 0 N–H and O–H groups in total. The van der Waals surface area contributed by atoms with Crippen LogP contribution in [0, 0.1) is 5.92 Å². The van der Waals surface area contributed by atoms with Crippen LogP contribution in [0.5, 0.6) is 5.75 Å². The minimum Gasteiger partial charge on any atom is -0.492 e. The fourth-order valence-electron chi connectivity index (χ4n) is 7.94. The minimum atomic E-state index is -0.599. The molecule has 2 aliphatic carbocycles. The van der Waals surface area contributed by atoms with Gasteiger partial charge in [0.05, 0.1) is 5.92 Å². The van der Waals surface area contributed by atoms with Crippen molar-refractivity contribution in [2.75, 3.05) is 45.9 Å². The number of likely N-dealkylation sites (tertiary alicyclic amines) is 2. The zero-order chi connectivity index (χ0) is 34.7. The lowest BCUT2D eigenvalue weighted by atomic mass is 9.79. The quantitative estimate of drug-likeness (QED) is 0.217. The first-order valence-electron chi connectivity index (χ1n) is 18.8. The normalized spacial score (nSPS) is 20.9. The lowest BCUT2D eigenvalue weighted by Gasteiger charge is -2.40. The topological polar surface area (TPSA) is 62.3 Å². The van der Waals surface area contributed by atoms with Gasteiger partial charge in [-0.2, -0.15) is 0 Å². The van der Waals surface area contributed by atoms with Crippen LogP contribution in [0.1, 0.15) is 81.9 Å². The van der Waals surface area contributed by atoms with Gasteiger partial charge < -0.3 is 19.3 Å². The number of hydrogen-bond acceptors (Lipinski definition) is 5. The molecular formula is C43H53N3O4. The van der Waals surface area contributed by atoms with E-state index in [2.05, 4.69) is 88.7 Å². The fraction of sp³-hybridized carbons (Fsp3) is 0.488. The molecule has 3 aromatic carbocycles. The number of nitrogens with zero attached hydrogens (tertiary/aromatic N) is 3. The van der Waals surface area contributed by atoms with Gasteiger partial charge >= 0.3 is 6.09 Å². The van der Waals surface area contributed by atoms with Crippen molar-refractivity contribution in [1.82, 2.24) is 14.7 Å². The summed E-state index contributed by atoms with van der Waals surface area (Å²) in [7, 11) is 0. The predicted molar refractivity (Wildman–Crippen MR) is 199 cm³/mol. The maximum Gasteiger partial charge on any atom is 0.410 e. The molecule has 7 nitrogen and oxygen atoms in total. The Morgan fingerprint density at radius 1 is 0.860 bits per heavy atom. The lowest BCUT2D eigenvalue weighted by molar-refractivity contribution is -0.137. The molecule has 7 rings (SSSR count). The molecule has 0 bridgehead atoms. The minimum absolute atomic E-state index is 0.00961. The number of rotatable bonds is 10. The number of piperidine rings is 2. The van der Waals surface area contributed by atoms with Gasteiger partial charge in [0.2, 0.25) is 5.91 Å². The van der Waals surface area contributed by atoms with E-state index < -0.39 is 5.60 Å². The Balaban J connectivity index is 1.10. The van der Waals surface area contributed by atoms with E-state index in [4.69, 9.17) is 9.47 Å². The maximum absolute atomic E-state index is 14.8. The molecule has 0 unspecified atom stereocenters. The molecule has 2 aliphatic heterocycles. The van der Waals surface area contributed by atoms with Gasteiger partial charge in [0.15, 0.2) is 0 Å². The van der Waals surface area contributed by atoms with Gasteiger partial charge in [-0.1, -0.05) is 73.2 Å². The second kappa shape index (κ2) is 15.0. The van der Waals surface area contributed by atoms with Crippen molar-refractivity contribution in [2.24, 2.45) is 5.92 Å². The summed E-state index contributed by atoms with van der Waals surface area (Å²) in [6.07, 6.45) is 9.54. The molecule has 2 heterocycles. The Labute approximate surface area is 298 Å². The van der Waals surface area contributed by atoms with Crippen LogP contribution in [-0.4, -0.2) is 84.2 Å². The van der Waals surface area contributed by atoms with Gasteiger partial charge in [-0.25, -0.2) is 4.79 Å². The van der Waals surface area contributed by atoms with Crippen molar-refractivity contribution >= 4 is 17.6 Å². The number of amides is 2. The monoisotopic (exact) mass is 675 g/mol. The highest BCUT2D eigenvalue weighted by Gasteiger charge is 2.43. The molecule has 3 aromatic rings. The number of benzene rings is 3. The van der Waals surface area contributed by atoms with Gasteiger partial charge in [-0.05, 0) is 124 Å². The average Bonchev–Trinajstić information content (AvgIpc) is 3.89. The molecular weight excluding hydrogens is 622 g/mol. The fourth-order valence-corrected chi connectivity index (χ4v) is 7.94. The van der Waals surface area contributed by atoms with Crippen molar-refractivity contribution in [2.45, 2.75) is 83.3 Å². The zero-order valence-electron chi connectivity index (χ0n) is 30.1. The third kappa shape index (κ3) is 8.26. The molecule has 1 saturated carbocycles. The molecule has 0 spiro atoms. The van der Waals surface area contributed by atoms with Crippen LogP contribution in [0.25, 0.3) is 16.7 Å². The first kappa shape index (κ1) is 34.4. The molecule has 264 valence electrons. The van der Waals surface area contributed by atoms with Crippen LogP contribution in [-0.2, 0) is 16.0 Å². The van der Waals surface area contributed by atoms with E-state index in [0.717, 1.165) is 48.2 Å². The standard InChI is InChI=1S/C43H53N3O4/c1-43(2,3)50-42(48)45-25-22-39(40(30-45)41(47)46(36-18-19-36)29-35-15-14-32-10-5-6-13-38(32)35)34-12-9-11-33(28-34)31-16-20-37(21-17-31)49-27-26-44-23-7-4-8-24-44/h5-6,9-13,15-17,20-21,28,36,39-40H,4,7-8,14,18-19,22-27,29-30H2,1-3H3/t39-,40+/m1/s1. The van der Waals surface area contributed by atoms with Crippen molar-refractivity contribution in [3.63, 3.8) is 0 Å². The molecule has 7 heteroatoms. The van der Waals surface area contributed by atoms with Gasteiger partial charge in [-0.15, -0.1) is 0 Å². The summed E-state index contributed by atoms with van der Waals surface area (Å²) in [5.41, 5.74) is 6.60. The van der Waals surface area contributed by atoms with E-state index in [1.54, 1.807) is 4.90 Å². The lowest BCUT2D eigenvalue weighted by Crippen LogP contribution is -2.51. The molecule has 2 saturated heterocycles. The number of allylic oxidation sites excluding steroid dienone is 1. The molecule has 0 radical (unpaired) electrons. The Kier molecular flexibility index (Phi) is 10.3. The van der Waals surface area contributed by atoms with Crippen molar-refractivity contribution in [3.8, 4) is 16.9 Å². The maximum atomic E-state index is 14.8. The number of ether oxygens (including phenoxy) is 2. The summed E-state index contributed by atoms with van der Waals surface area (Å²) in [4.78, 5) is 34.5.